The van der Waals surface area contributed by atoms with Crippen LogP contribution in [0.1, 0.15) is 33.3 Å². The van der Waals surface area contributed by atoms with Crippen molar-refractivity contribution in [1.29, 1.82) is 0 Å². The van der Waals surface area contributed by atoms with Gasteiger partial charge in [0.1, 0.15) is 0 Å². The highest BCUT2D eigenvalue weighted by Gasteiger charge is 2.55. The minimum absolute atomic E-state index is 0.268. The Morgan fingerprint density at radius 1 is 1.12 bits per heavy atom. The van der Waals surface area contributed by atoms with Gasteiger partial charge in [0.25, 0.3) is 5.70 Å². The first-order valence-electron chi connectivity index (χ1n) is 10.6. The average molecular weight is 444 g/mol. The maximum atomic E-state index is 13.7. The summed E-state index contributed by atoms with van der Waals surface area (Å²) >= 11 is 0. The van der Waals surface area contributed by atoms with Gasteiger partial charge in [-0.25, -0.2) is 0 Å². The van der Waals surface area contributed by atoms with Gasteiger partial charge in [-0.15, -0.1) is 0 Å². The number of carbonyl (C=O) groups excluding carboxylic acids is 1. The molecule has 0 bridgehead atoms. The second kappa shape index (κ2) is 8.46. The minimum Gasteiger partial charge on any atom is -0.462 e. The van der Waals surface area contributed by atoms with E-state index in [1.165, 1.54) is 6.20 Å². The number of nitrogens with zero attached hydrogens (tertiary/aromatic N) is 3. The summed E-state index contributed by atoms with van der Waals surface area (Å²) in [5.74, 6) is -0.733. The number of nitrogens with one attached hydrogen (secondary N) is 1. The van der Waals surface area contributed by atoms with Crippen molar-refractivity contribution in [3.63, 3.8) is 0 Å². The fourth-order valence-corrected chi connectivity index (χ4v) is 4.29. The van der Waals surface area contributed by atoms with Crippen LogP contribution < -0.4 is 5.32 Å². The SMILES string of the molecule is CC1=CC(C(=O)OC(C)C)(c2cncc3ncc(-c4ccccc4)cc23)C([N+](=O)[O-])=C(C)N1. The van der Waals surface area contributed by atoms with Crippen molar-refractivity contribution in [2.75, 3.05) is 0 Å². The van der Waals surface area contributed by atoms with Crippen LogP contribution in [-0.2, 0) is 14.9 Å². The van der Waals surface area contributed by atoms with E-state index in [1.54, 1.807) is 46.2 Å². The number of dihydropyridines is 1. The summed E-state index contributed by atoms with van der Waals surface area (Å²) in [6.07, 6.45) is 5.88. The molecule has 1 aromatic carbocycles. The number of fused-ring (bicyclic) bond motifs is 1. The molecule has 1 unspecified atom stereocenters. The lowest BCUT2D eigenvalue weighted by molar-refractivity contribution is -0.434. The number of aromatic nitrogens is 2. The molecule has 4 rings (SSSR count). The van der Waals surface area contributed by atoms with Crippen LogP contribution in [0.15, 0.2) is 78.2 Å². The van der Waals surface area contributed by atoms with E-state index in [-0.39, 0.29) is 11.4 Å². The summed E-state index contributed by atoms with van der Waals surface area (Å²) in [6.45, 7) is 6.76. The van der Waals surface area contributed by atoms with E-state index in [9.17, 15) is 14.9 Å². The summed E-state index contributed by atoms with van der Waals surface area (Å²) in [4.78, 5) is 34.2. The standard InChI is InChI=1S/C25H24N4O4/c1-15(2)33-24(30)25(11-16(3)28-17(4)23(25)29(31)32)21-13-26-14-22-20(21)10-19(12-27-22)18-8-6-5-7-9-18/h5-15,28H,1-4H3. The Morgan fingerprint density at radius 3 is 2.52 bits per heavy atom. The van der Waals surface area contributed by atoms with Crippen molar-refractivity contribution in [3.8, 4) is 11.1 Å². The summed E-state index contributed by atoms with van der Waals surface area (Å²) in [6, 6.07) is 11.6. The van der Waals surface area contributed by atoms with Gasteiger partial charge in [0.2, 0.25) is 5.41 Å². The van der Waals surface area contributed by atoms with Crippen LogP contribution in [0, 0.1) is 10.1 Å². The average Bonchev–Trinajstić information content (AvgIpc) is 2.77. The molecule has 1 aliphatic heterocycles. The van der Waals surface area contributed by atoms with Gasteiger partial charge in [0.15, 0.2) is 0 Å². The first kappa shape index (κ1) is 22.1. The first-order chi connectivity index (χ1) is 15.7. The molecule has 8 nitrogen and oxygen atoms in total. The van der Waals surface area contributed by atoms with Crippen molar-refractivity contribution in [2.24, 2.45) is 0 Å². The molecular formula is C25H24N4O4. The van der Waals surface area contributed by atoms with E-state index in [4.69, 9.17) is 4.74 Å². The predicted molar refractivity (Wildman–Crippen MR) is 124 cm³/mol. The Bertz CT molecular complexity index is 1310. The molecule has 168 valence electrons. The number of hydrogen-bond donors (Lipinski definition) is 1. The van der Waals surface area contributed by atoms with Crippen LogP contribution in [0.4, 0.5) is 0 Å². The largest absolute Gasteiger partial charge is 0.462 e. The van der Waals surface area contributed by atoms with Crippen LogP contribution >= 0.6 is 0 Å². The molecule has 8 heteroatoms. The lowest BCUT2D eigenvalue weighted by Gasteiger charge is -2.32. The van der Waals surface area contributed by atoms with Crippen molar-refractivity contribution < 1.29 is 14.5 Å². The summed E-state index contributed by atoms with van der Waals surface area (Å²) in [5, 5.41) is 15.9. The van der Waals surface area contributed by atoms with Gasteiger partial charge in [-0.3, -0.25) is 24.9 Å². The van der Waals surface area contributed by atoms with Crippen molar-refractivity contribution in [1.82, 2.24) is 15.3 Å². The van der Waals surface area contributed by atoms with E-state index in [1.807, 2.05) is 36.4 Å². The molecule has 0 saturated carbocycles. The Balaban J connectivity index is 2.08. The van der Waals surface area contributed by atoms with E-state index >= 15 is 0 Å². The Hall–Kier alpha value is -4.07. The van der Waals surface area contributed by atoms with Crippen LogP contribution in [-0.4, -0.2) is 27.0 Å². The predicted octanol–water partition coefficient (Wildman–Crippen LogP) is 4.50. The zero-order valence-electron chi connectivity index (χ0n) is 18.8. The number of allylic oxidation sites excluding steroid dienone is 2. The summed E-state index contributed by atoms with van der Waals surface area (Å²) in [7, 11) is 0. The number of carbonyl (C=O) groups is 1. The summed E-state index contributed by atoms with van der Waals surface area (Å²) < 4.78 is 5.59. The minimum atomic E-state index is -1.79. The number of nitro groups is 1. The molecule has 1 N–H and O–H groups in total. The third-order valence-electron chi connectivity index (χ3n) is 5.53. The molecular weight excluding hydrogens is 420 g/mol. The number of pyridine rings is 2. The Morgan fingerprint density at radius 2 is 1.85 bits per heavy atom. The van der Waals surface area contributed by atoms with Gasteiger partial charge in [0, 0.05) is 34.6 Å². The normalized spacial score (nSPS) is 18.2. The molecule has 0 fully saturated rings. The van der Waals surface area contributed by atoms with Gasteiger partial charge in [-0.2, -0.15) is 0 Å². The Labute approximate surface area is 191 Å². The van der Waals surface area contributed by atoms with Crippen LogP contribution in [0.3, 0.4) is 0 Å². The van der Waals surface area contributed by atoms with E-state index in [2.05, 4.69) is 15.3 Å². The molecule has 0 spiro atoms. The van der Waals surface area contributed by atoms with Crippen LogP contribution in [0.5, 0.6) is 0 Å². The van der Waals surface area contributed by atoms with E-state index in [0.717, 1.165) is 11.1 Å². The fourth-order valence-electron chi connectivity index (χ4n) is 4.29. The second-order valence-electron chi connectivity index (χ2n) is 8.29. The second-order valence-corrected chi connectivity index (χ2v) is 8.29. The molecule has 0 aliphatic carbocycles. The maximum Gasteiger partial charge on any atom is 0.332 e. The van der Waals surface area contributed by atoms with Gasteiger partial charge in [-0.05, 0) is 45.4 Å². The highest BCUT2D eigenvalue weighted by Crippen LogP contribution is 2.43. The number of esters is 1. The number of benzene rings is 1. The van der Waals surface area contributed by atoms with Crippen molar-refractivity contribution >= 4 is 16.9 Å². The molecule has 3 heterocycles. The van der Waals surface area contributed by atoms with Gasteiger partial charge in [-0.1, -0.05) is 30.3 Å². The van der Waals surface area contributed by atoms with Crippen LogP contribution in [0.2, 0.25) is 0 Å². The molecule has 0 saturated heterocycles. The number of ether oxygens (including phenoxy) is 1. The zero-order chi connectivity index (χ0) is 23.8. The van der Waals surface area contributed by atoms with Gasteiger partial charge in [0.05, 0.1) is 28.4 Å². The smallest absolute Gasteiger partial charge is 0.332 e. The Kier molecular flexibility index (Phi) is 5.68. The molecule has 2 aromatic heterocycles. The zero-order valence-corrected chi connectivity index (χ0v) is 18.8. The fraction of sp³-hybridized carbons (Fsp3) is 0.240. The van der Waals surface area contributed by atoms with Crippen molar-refractivity contribution in [3.05, 3.63) is 93.8 Å². The molecule has 1 aliphatic rings. The van der Waals surface area contributed by atoms with E-state index in [0.29, 0.717) is 22.2 Å². The van der Waals surface area contributed by atoms with Crippen molar-refractivity contribution in [2.45, 2.75) is 39.2 Å². The lowest BCUT2D eigenvalue weighted by atomic mass is 9.73. The lowest BCUT2D eigenvalue weighted by Crippen LogP contribution is -2.46. The molecule has 3 aromatic rings. The quantitative estimate of drug-likeness (QED) is 0.351. The summed E-state index contributed by atoms with van der Waals surface area (Å²) in [5.41, 5.74) is 1.41. The topological polar surface area (TPSA) is 107 Å². The van der Waals surface area contributed by atoms with Crippen LogP contribution in [0.25, 0.3) is 22.0 Å². The van der Waals surface area contributed by atoms with Gasteiger partial charge < -0.3 is 10.1 Å². The maximum absolute atomic E-state index is 13.7. The molecule has 33 heavy (non-hydrogen) atoms. The highest BCUT2D eigenvalue weighted by molar-refractivity contribution is 5.97. The van der Waals surface area contributed by atoms with Gasteiger partial charge >= 0.3 is 5.97 Å². The molecule has 0 amide bonds. The number of rotatable bonds is 5. The first-order valence-corrected chi connectivity index (χ1v) is 10.6. The molecule has 1 atom stereocenters. The number of hydrogen-bond acceptors (Lipinski definition) is 7. The third kappa shape index (κ3) is 3.84. The third-order valence-corrected chi connectivity index (χ3v) is 5.53. The monoisotopic (exact) mass is 444 g/mol. The molecule has 0 radical (unpaired) electrons. The van der Waals surface area contributed by atoms with E-state index < -0.39 is 22.4 Å². The highest BCUT2D eigenvalue weighted by atomic mass is 16.6.